The molecule has 0 saturated carbocycles. The normalized spacial score (nSPS) is 11.9. The molecule has 0 fully saturated rings. The Hall–Kier alpha value is -2.86. The largest absolute Gasteiger partial charge is 0.334 e. The second kappa shape index (κ2) is 12.0. The van der Waals surface area contributed by atoms with E-state index in [4.69, 9.17) is 0 Å². The molecule has 0 aliphatic heterocycles. The highest BCUT2D eigenvalue weighted by molar-refractivity contribution is 5.97. The van der Waals surface area contributed by atoms with E-state index < -0.39 is 6.04 Å². The molecular formula is C24H34N4O2. The summed E-state index contributed by atoms with van der Waals surface area (Å²) in [5, 5.41) is 8.56. The topological polar surface area (TPSA) is 73.5 Å². The zero-order valence-corrected chi connectivity index (χ0v) is 18.4. The van der Waals surface area contributed by atoms with E-state index in [-0.39, 0.29) is 17.9 Å². The number of hydrogen-bond acceptors (Lipinski definition) is 3. The number of nitrogens with zero attached hydrogens (tertiary/aromatic N) is 1. The van der Waals surface area contributed by atoms with Crippen molar-refractivity contribution in [1.82, 2.24) is 15.5 Å². The van der Waals surface area contributed by atoms with Crippen molar-refractivity contribution >= 4 is 17.6 Å². The van der Waals surface area contributed by atoms with Crippen molar-refractivity contribution in [3.8, 4) is 0 Å². The third-order valence-corrected chi connectivity index (χ3v) is 5.03. The summed E-state index contributed by atoms with van der Waals surface area (Å²) < 4.78 is 0. The highest BCUT2D eigenvalue weighted by Gasteiger charge is 2.24. The second-order valence-corrected chi connectivity index (χ2v) is 7.69. The molecule has 0 bridgehead atoms. The minimum atomic E-state index is -0.632. The number of urea groups is 1. The molecule has 1 unspecified atom stereocenters. The number of carbonyl (C=O) groups excluding carboxylic acids is 2. The summed E-state index contributed by atoms with van der Waals surface area (Å²) in [5.41, 5.74) is 2.89. The maximum Gasteiger partial charge on any atom is 0.315 e. The van der Waals surface area contributed by atoms with Gasteiger partial charge in [0, 0.05) is 18.8 Å². The Labute approximate surface area is 180 Å². The van der Waals surface area contributed by atoms with Crippen LogP contribution in [0.15, 0.2) is 54.6 Å². The Bertz CT molecular complexity index is 804. The molecule has 3 N–H and O–H groups in total. The first-order chi connectivity index (χ1) is 14.4. The van der Waals surface area contributed by atoms with Crippen LogP contribution in [0.25, 0.3) is 0 Å². The SMILES string of the molecule is CCN(CC)Cc1cccc(NC(=O)C(NC(=O)NCc2ccccc2)C(C)C)c1. The van der Waals surface area contributed by atoms with Crippen LogP contribution in [0.1, 0.15) is 38.8 Å². The Morgan fingerprint density at radius 3 is 2.23 bits per heavy atom. The van der Waals surface area contributed by atoms with Gasteiger partial charge in [-0.25, -0.2) is 4.79 Å². The first-order valence-corrected chi connectivity index (χ1v) is 10.6. The predicted molar refractivity (Wildman–Crippen MR) is 122 cm³/mol. The van der Waals surface area contributed by atoms with Gasteiger partial charge in [-0.15, -0.1) is 0 Å². The Balaban J connectivity index is 1.95. The third-order valence-electron chi connectivity index (χ3n) is 5.03. The molecule has 0 spiro atoms. The van der Waals surface area contributed by atoms with Crippen LogP contribution in [0.4, 0.5) is 10.5 Å². The highest BCUT2D eigenvalue weighted by Crippen LogP contribution is 2.14. The molecule has 6 nitrogen and oxygen atoms in total. The average molecular weight is 411 g/mol. The molecule has 0 aliphatic rings. The van der Waals surface area contributed by atoms with Crippen LogP contribution in [-0.2, 0) is 17.9 Å². The van der Waals surface area contributed by atoms with Crippen molar-refractivity contribution in [2.24, 2.45) is 5.92 Å². The molecule has 30 heavy (non-hydrogen) atoms. The van der Waals surface area contributed by atoms with Gasteiger partial charge in [0.2, 0.25) is 5.91 Å². The highest BCUT2D eigenvalue weighted by atomic mass is 16.2. The smallest absolute Gasteiger partial charge is 0.315 e. The lowest BCUT2D eigenvalue weighted by atomic mass is 10.0. The average Bonchev–Trinajstić information content (AvgIpc) is 2.75. The fourth-order valence-corrected chi connectivity index (χ4v) is 3.18. The van der Waals surface area contributed by atoms with E-state index in [2.05, 4.69) is 40.8 Å². The maximum absolute atomic E-state index is 12.8. The molecule has 2 rings (SSSR count). The fraction of sp³-hybridized carbons (Fsp3) is 0.417. The molecule has 3 amide bonds. The molecule has 162 valence electrons. The van der Waals surface area contributed by atoms with Gasteiger partial charge in [-0.3, -0.25) is 9.69 Å². The van der Waals surface area contributed by atoms with Gasteiger partial charge in [0.15, 0.2) is 0 Å². The van der Waals surface area contributed by atoms with Crippen molar-refractivity contribution in [2.45, 2.75) is 46.8 Å². The standard InChI is InChI=1S/C24H34N4O2/c1-5-28(6-2)17-20-13-10-14-21(15-20)26-23(29)22(18(3)4)27-24(30)25-16-19-11-8-7-9-12-19/h7-15,18,22H,5-6,16-17H2,1-4H3,(H,26,29)(H2,25,27,30). The predicted octanol–water partition coefficient (Wildman–Crippen LogP) is 3.99. The molecule has 1 atom stereocenters. The molecule has 6 heteroatoms. The molecule has 2 aromatic carbocycles. The number of rotatable bonds is 10. The van der Waals surface area contributed by atoms with Crippen LogP contribution in [-0.4, -0.2) is 36.0 Å². The summed E-state index contributed by atoms with van der Waals surface area (Å²) in [4.78, 5) is 27.5. The van der Waals surface area contributed by atoms with E-state index in [0.29, 0.717) is 6.54 Å². The summed E-state index contributed by atoms with van der Waals surface area (Å²) in [5.74, 6) is -0.272. The van der Waals surface area contributed by atoms with Crippen LogP contribution in [0.3, 0.4) is 0 Å². The zero-order valence-electron chi connectivity index (χ0n) is 18.4. The number of amides is 3. The number of hydrogen-bond donors (Lipinski definition) is 3. The van der Waals surface area contributed by atoms with Gasteiger partial charge in [0.25, 0.3) is 0 Å². The lowest BCUT2D eigenvalue weighted by Gasteiger charge is -2.22. The van der Waals surface area contributed by atoms with Gasteiger partial charge < -0.3 is 16.0 Å². The lowest BCUT2D eigenvalue weighted by Crippen LogP contribution is -2.50. The first kappa shape index (κ1) is 23.4. The monoisotopic (exact) mass is 410 g/mol. The van der Waals surface area contributed by atoms with E-state index in [1.165, 1.54) is 0 Å². The fourth-order valence-electron chi connectivity index (χ4n) is 3.18. The minimum absolute atomic E-state index is 0.0497. The first-order valence-electron chi connectivity index (χ1n) is 10.6. The summed E-state index contributed by atoms with van der Waals surface area (Å²) in [6.07, 6.45) is 0. The molecule has 0 heterocycles. The van der Waals surface area contributed by atoms with Gasteiger partial charge in [-0.05, 0) is 42.3 Å². The maximum atomic E-state index is 12.8. The van der Waals surface area contributed by atoms with Gasteiger partial charge in [0.1, 0.15) is 6.04 Å². The second-order valence-electron chi connectivity index (χ2n) is 7.69. The number of nitrogens with one attached hydrogen (secondary N) is 3. The summed E-state index contributed by atoms with van der Waals surface area (Å²) >= 11 is 0. The molecular weight excluding hydrogens is 376 g/mol. The van der Waals surface area contributed by atoms with E-state index in [9.17, 15) is 9.59 Å². The Kier molecular flexibility index (Phi) is 9.35. The summed E-state index contributed by atoms with van der Waals surface area (Å²) in [7, 11) is 0. The van der Waals surface area contributed by atoms with Crippen molar-refractivity contribution in [3.63, 3.8) is 0 Å². The van der Waals surface area contributed by atoms with Crippen molar-refractivity contribution in [3.05, 3.63) is 65.7 Å². The van der Waals surface area contributed by atoms with Crippen LogP contribution in [0, 0.1) is 5.92 Å². The van der Waals surface area contributed by atoms with E-state index in [1.54, 1.807) is 0 Å². The van der Waals surface area contributed by atoms with Crippen LogP contribution < -0.4 is 16.0 Å². The molecule has 2 aromatic rings. The Morgan fingerprint density at radius 1 is 0.933 bits per heavy atom. The quantitative estimate of drug-likeness (QED) is 0.554. The Morgan fingerprint density at radius 2 is 1.60 bits per heavy atom. The van der Waals surface area contributed by atoms with Crippen LogP contribution in [0.5, 0.6) is 0 Å². The van der Waals surface area contributed by atoms with E-state index >= 15 is 0 Å². The number of carbonyl (C=O) groups is 2. The van der Waals surface area contributed by atoms with Gasteiger partial charge in [-0.1, -0.05) is 70.2 Å². The van der Waals surface area contributed by atoms with Crippen LogP contribution >= 0.6 is 0 Å². The third kappa shape index (κ3) is 7.52. The van der Waals surface area contributed by atoms with Crippen LogP contribution in [0.2, 0.25) is 0 Å². The van der Waals surface area contributed by atoms with Gasteiger partial charge in [0.05, 0.1) is 0 Å². The molecule has 0 saturated heterocycles. The van der Waals surface area contributed by atoms with Crippen molar-refractivity contribution < 1.29 is 9.59 Å². The summed E-state index contributed by atoms with van der Waals surface area (Å²) in [6, 6.07) is 16.5. The molecule has 0 aromatic heterocycles. The zero-order chi connectivity index (χ0) is 21.9. The minimum Gasteiger partial charge on any atom is -0.334 e. The van der Waals surface area contributed by atoms with E-state index in [0.717, 1.165) is 36.4 Å². The van der Waals surface area contributed by atoms with E-state index in [1.807, 2.05) is 62.4 Å². The van der Waals surface area contributed by atoms with Gasteiger partial charge >= 0.3 is 6.03 Å². The lowest BCUT2D eigenvalue weighted by molar-refractivity contribution is -0.118. The molecule has 0 radical (unpaired) electrons. The number of anilines is 1. The van der Waals surface area contributed by atoms with Gasteiger partial charge in [-0.2, -0.15) is 0 Å². The summed E-state index contributed by atoms with van der Waals surface area (Å²) in [6.45, 7) is 11.3. The number of benzene rings is 2. The molecule has 0 aliphatic carbocycles. The van der Waals surface area contributed by atoms with Crippen molar-refractivity contribution in [1.29, 1.82) is 0 Å². The van der Waals surface area contributed by atoms with Crippen molar-refractivity contribution in [2.75, 3.05) is 18.4 Å².